The van der Waals surface area contributed by atoms with Gasteiger partial charge in [0.1, 0.15) is 0 Å². The topological polar surface area (TPSA) is 37.3 Å². The molecule has 0 amide bonds. The van der Waals surface area contributed by atoms with Crippen molar-refractivity contribution in [2.45, 2.75) is 13.8 Å². The second-order valence-corrected chi connectivity index (χ2v) is 4.62. The molecule has 2 aromatic rings. The molecule has 2 aromatic carbocycles. The molecule has 0 atom stereocenters. The van der Waals surface area contributed by atoms with Crippen LogP contribution in [0.3, 0.4) is 0 Å². The SMILES string of the molecule is CC(=Cc1ccc(-c2cccc(C)c2)cc1)C(=O)O. The van der Waals surface area contributed by atoms with E-state index in [0.717, 1.165) is 11.1 Å². The van der Waals surface area contributed by atoms with E-state index in [9.17, 15) is 4.79 Å². The van der Waals surface area contributed by atoms with Gasteiger partial charge >= 0.3 is 5.97 Å². The first kappa shape index (κ1) is 13.1. The first-order valence-electron chi connectivity index (χ1n) is 6.15. The van der Waals surface area contributed by atoms with Crippen LogP contribution < -0.4 is 0 Å². The molecule has 19 heavy (non-hydrogen) atoms. The molecule has 0 fully saturated rings. The number of carboxylic acids is 1. The Morgan fingerprint density at radius 2 is 1.74 bits per heavy atom. The van der Waals surface area contributed by atoms with Gasteiger partial charge < -0.3 is 5.11 Å². The van der Waals surface area contributed by atoms with Gasteiger partial charge in [-0.2, -0.15) is 0 Å². The Labute approximate surface area is 113 Å². The summed E-state index contributed by atoms with van der Waals surface area (Å²) in [5.74, 6) is -0.886. The molecule has 0 aliphatic carbocycles. The predicted octanol–water partition coefficient (Wildman–Crippen LogP) is 4.15. The third-order valence-electron chi connectivity index (χ3n) is 2.98. The first-order valence-corrected chi connectivity index (χ1v) is 6.15. The average molecular weight is 252 g/mol. The predicted molar refractivity (Wildman–Crippen MR) is 77.9 cm³/mol. The molecule has 2 heteroatoms. The van der Waals surface area contributed by atoms with Gasteiger partial charge in [-0.15, -0.1) is 0 Å². The molecule has 0 aliphatic rings. The van der Waals surface area contributed by atoms with E-state index in [0.29, 0.717) is 5.57 Å². The molecule has 0 heterocycles. The normalized spacial score (nSPS) is 11.4. The first-order chi connectivity index (χ1) is 9.06. The molecular weight excluding hydrogens is 236 g/mol. The molecule has 96 valence electrons. The lowest BCUT2D eigenvalue weighted by Crippen LogP contribution is -1.95. The molecule has 0 bridgehead atoms. The van der Waals surface area contributed by atoms with Crippen molar-refractivity contribution < 1.29 is 9.90 Å². The lowest BCUT2D eigenvalue weighted by molar-refractivity contribution is -0.132. The summed E-state index contributed by atoms with van der Waals surface area (Å²) in [6, 6.07) is 16.2. The van der Waals surface area contributed by atoms with Gasteiger partial charge in [-0.1, -0.05) is 54.1 Å². The second kappa shape index (κ2) is 5.53. The van der Waals surface area contributed by atoms with E-state index in [-0.39, 0.29) is 0 Å². The van der Waals surface area contributed by atoms with Gasteiger partial charge in [0.15, 0.2) is 0 Å². The highest BCUT2D eigenvalue weighted by Crippen LogP contribution is 2.21. The number of carbonyl (C=O) groups is 1. The summed E-state index contributed by atoms with van der Waals surface area (Å²) in [4.78, 5) is 10.8. The van der Waals surface area contributed by atoms with E-state index in [4.69, 9.17) is 5.11 Å². The number of hydrogen-bond acceptors (Lipinski definition) is 1. The Hall–Kier alpha value is -2.35. The van der Waals surface area contributed by atoms with Gasteiger partial charge in [-0.3, -0.25) is 0 Å². The van der Waals surface area contributed by atoms with Crippen molar-refractivity contribution in [3.63, 3.8) is 0 Å². The van der Waals surface area contributed by atoms with Crippen LogP contribution in [-0.4, -0.2) is 11.1 Å². The van der Waals surface area contributed by atoms with Crippen molar-refractivity contribution in [3.05, 3.63) is 65.2 Å². The minimum Gasteiger partial charge on any atom is -0.478 e. The number of aryl methyl sites for hydroxylation is 1. The van der Waals surface area contributed by atoms with Crippen molar-refractivity contribution in [1.82, 2.24) is 0 Å². The van der Waals surface area contributed by atoms with Crippen LogP contribution in [0, 0.1) is 6.92 Å². The number of hydrogen-bond donors (Lipinski definition) is 1. The molecule has 0 radical (unpaired) electrons. The Balaban J connectivity index is 2.29. The quantitative estimate of drug-likeness (QED) is 0.833. The van der Waals surface area contributed by atoms with Crippen LogP contribution in [-0.2, 0) is 4.79 Å². The highest BCUT2D eigenvalue weighted by molar-refractivity contribution is 5.91. The van der Waals surface area contributed by atoms with Gasteiger partial charge in [0.25, 0.3) is 0 Å². The molecule has 0 aromatic heterocycles. The van der Waals surface area contributed by atoms with E-state index in [1.807, 2.05) is 30.3 Å². The zero-order chi connectivity index (χ0) is 13.8. The summed E-state index contributed by atoms with van der Waals surface area (Å²) in [5, 5.41) is 8.84. The van der Waals surface area contributed by atoms with Gasteiger partial charge in [0.2, 0.25) is 0 Å². The molecule has 0 saturated carbocycles. The minimum atomic E-state index is -0.886. The Kier molecular flexibility index (Phi) is 3.81. The van der Waals surface area contributed by atoms with Crippen LogP contribution in [0.1, 0.15) is 18.1 Å². The van der Waals surface area contributed by atoms with E-state index in [1.165, 1.54) is 11.1 Å². The van der Waals surface area contributed by atoms with Gasteiger partial charge in [0, 0.05) is 5.57 Å². The average Bonchev–Trinajstić information content (AvgIpc) is 2.39. The highest BCUT2D eigenvalue weighted by Gasteiger charge is 2.01. The Bertz CT molecular complexity index is 622. The lowest BCUT2D eigenvalue weighted by Gasteiger charge is -2.04. The molecule has 0 saturated heterocycles. The molecule has 0 spiro atoms. The van der Waals surface area contributed by atoms with Crippen molar-refractivity contribution in [2.75, 3.05) is 0 Å². The van der Waals surface area contributed by atoms with Crippen molar-refractivity contribution >= 4 is 12.0 Å². The third kappa shape index (κ3) is 3.32. The van der Waals surface area contributed by atoms with Gasteiger partial charge in [-0.25, -0.2) is 4.79 Å². The van der Waals surface area contributed by atoms with Crippen molar-refractivity contribution in [3.8, 4) is 11.1 Å². The summed E-state index contributed by atoms with van der Waals surface area (Å²) in [6.45, 7) is 3.66. The monoisotopic (exact) mass is 252 g/mol. The van der Waals surface area contributed by atoms with Crippen molar-refractivity contribution in [2.24, 2.45) is 0 Å². The van der Waals surface area contributed by atoms with Crippen LogP contribution in [0.25, 0.3) is 17.2 Å². The van der Waals surface area contributed by atoms with Crippen LogP contribution in [0.5, 0.6) is 0 Å². The number of benzene rings is 2. The summed E-state index contributed by atoms with van der Waals surface area (Å²) in [6.07, 6.45) is 1.67. The second-order valence-electron chi connectivity index (χ2n) is 4.62. The summed E-state index contributed by atoms with van der Waals surface area (Å²) < 4.78 is 0. The van der Waals surface area contributed by atoms with E-state index in [1.54, 1.807) is 13.0 Å². The van der Waals surface area contributed by atoms with Gasteiger partial charge in [0.05, 0.1) is 0 Å². The smallest absolute Gasteiger partial charge is 0.331 e. The fraction of sp³-hybridized carbons (Fsp3) is 0.118. The molecule has 2 rings (SSSR count). The summed E-state index contributed by atoms with van der Waals surface area (Å²) in [5.41, 5.74) is 4.77. The van der Waals surface area contributed by atoms with Crippen LogP contribution in [0.15, 0.2) is 54.1 Å². The molecule has 2 nitrogen and oxygen atoms in total. The third-order valence-corrected chi connectivity index (χ3v) is 2.98. The molecule has 1 N–H and O–H groups in total. The largest absolute Gasteiger partial charge is 0.478 e. The lowest BCUT2D eigenvalue weighted by atomic mass is 10.0. The number of carboxylic acid groups (broad SMARTS) is 1. The van der Waals surface area contributed by atoms with Crippen LogP contribution >= 0.6 is 0 Å². The Morgan fingerprint density at radius 3 is 2.32 bits per heavy atom. The highest BCUT2D eigenvalue weighted by atomic mass is 16.4. The van der Waals surface area contributed by atoms with E-state index >= 15 is 0 Å². The van der Waals surface area contributed by atoms with Crippen LogP contribution in [0.2, 0.25) is 0 Å². The Morgan fingerprint density at radius 1 is 1.05 bits per heavy atom. The maximum absolute atomic E-state index is 10.8. The van der Waals surface area contributed by atoms with E-state index in [2.05, 4.69) is 25.1 Å². The molecule has 0 unspecified atom stereocenters. The minimum absolute atomic E-state index is 0.336. The summed E-state index contributed by atoms with van der Waals surface area (Å²) in [7, 11) is 0. The zero-order valence-electron chi connectivity index (χ0n) is 11.1. The molecule has 0 aliphatic heterocycles. The fourth-order valence-corrected chi connectivity index (χ4v) is 1.91. The maximum Gasteiger partial charge on any atom is 0.331 e. The fourth-order valence-electron chi connectivity index (χ4n) is 1.91. The van der Waals surface area contributed by atoms with Crippen LogP contribution in [0.4, 0.5) is 0 Å². The standard InChI is InChI=1S/C17H16O2/c1-12-4-3-5-16(10-12)15-8-6-14(7-9-15)11-13(2)17(18)19/h3-11H,1-2H3,(H,18,19). The summed E-state index contributed by atoms with van der Waals surface area (Å²) >= 11 is 0. The maximum atomic E-state index is 10.8. The van der Waals surface area contributed by atoms with Gasteiger partial charge in [-0.05, 0) is 36.6 Å². The van der Waals surface area contributed by atoms with Crippen molar-refractivity contribution in [1.29, 1.82) is 0 Å². The zero-order valence-corrected chi connectivity index (χ0v) is 11.1. The number of rotatable bonds is 3. The molecular formula is C17H16O2. The van der Waals surface area contributed by atoms with E-state index < -0.39 is 5.97 Å². The number of aliphatic carboxylic acids is 1.